The van der Waals surface area contributed by atoms with Gasteiger partial charge in [-0.15, -0.1) is 0 Å². The van der Waals surface area contributed by atoms with Crippen LogP contribution in [0.4, 0.5) is 0 Å². The van der Waals surface area contributed by atoms with Crippen LogP contribution in [0.25, 0.3) is 0 Å². The van der Waals surface area contributed by atoms with Crippen LogP contribution in [0.15, 0.2) is 30.3 Å². The maximum absolute atomic E-state index is 2.84. The minimum Gasteiger partial charge on any atom is -0.300 e. The number of likely N-dealkylation sites (tertiary alicyclic amines) is 2. The topological polar surface area (TPSA) is 6.48 Å². The molecule has 1 saturated carbocycles. The summed E-state index contributed by atoms with van der Waals surface area (Å²) in [6.45, 7) is 5.21. The lowest BCUT2D eigenvalue weighted by Crippen LogP contribution is -2.55. The van der Waals surface area contributed by atoms with Gasteiger partial charge in [0.2, 0.25) is 0 Å². The molecular formula is C20H30N2. The van der Waals surface area contributed by atoms with Gasteiger partial charge < -0.3 is 4.90 Å². The number of piperidine rings is 1. The Bertz CT molecular complexity index is 466. The first-order valence-corrected chi connectivity index (χ1v) is 9.44. The fourth-order valence-corrected chi connectivity index (χ4v) is 5.30. The summed E-state index contributed by atoms with van der Waals surface area (Å²) < 4.78 is 0. The number of rotatable bonds is 3. The smallest absolute Gasteiger partial charge is 0.0236 e. The third kappa shape index (κ3) is 2.96. The van der Waals surface area contributed by atoms with E-state index in [1.165, 1.54) is 70.1 Å². The molecule has 1 aromatic rings. The van der Waals surface area contributed by atoms with Crippen LogP contribution in [0.5, 0.6) is 0 Å². The molecule has 1 aromatic carbocycles. The minimum absolute atomic E-state index is 0.841. The molecule has 0 spiro atoms. The van der Waals surface area contributed by atoms with Crippen molar-refractivity contribution >= 4 is 0 Å². The Kier molecular flexibility index (Phi) is 4.49. The second-order valence-electron chi connectivity index (χ2n) is 7.57. The second-order valence-corrected chi connectivity index (χ2v) is 7.57. The standard InChI is InChI=1S/C20H30N2/c1-2-8-17(9-3-1)16-22-15-7-10-18-19(11-6-12-20(18)22)21-13-4-5-14-21/h1-3,8-9,18-20H,4-7,10-16H2/t18-,19+,20-/m0/s1. The molecule has 120 valence electrons. The van der Waals surface area contributed by atoms with E-state index in [-0.39, 0.29) is 0 Å². The Morgan fingerprint density at radius 2 is 1.55 bits per heavy atom. The first kappa shape index (κ1) is 14.7. The second kappa shape index (κ2) is 6.72. The highest BCUT2D eigenvalue weighted by atomic mass is 15.2. The molecule has 0 aromatic heterocycles. The fourth-order valence-electron chi connectivity index (χ4n) is 5.30. The molecule has 0 bridgehead atoms. The van der Waals surface area contributed by atoms with E-state index >= 15 is 0 Å². The summed E-state index contributed by atoms with van der Waals surface area (Å²) >= 11 is 0. The molecule has 2 aliphatic heterocycles. The first-order valence-electron chi connectivity index (χ1n) is 9.44. The van der Waals surface area contributed by atoms with Crippen molar-refractivity contribution in [3.8, 4) is 0 Å². The molecule has 4 rings (SSSR count). The average Bonchev–Trinajstić information content (AvgIpc) is 3.10. The average molecular weight is 298 g/mol. The predicted octanol–water partition coefficient (Wildman–Crippen LogP) is 3.92. The van der Waals surface area contributed by atoms with Crippen LogP contribution < -0.4 is 0 Å². The number of fused-ring (bicyclic) bond motifs is 1. The number of benzene rings is 1. The van der Waals surface area contributed by atoms with Gasteiger partial charge in [0, 0.05) is 18.6 Å². The van der Waals surface area contributed by atoms with Crippen molar-refractivity contribution in [3.05, 3.63) is 35.9 Å². The van der Waals surface area contributed by atoms with Crippen molar-refractivity contribution in [3.63, 3.8) is 0 Å². The lowest BCUT2D eigenvalue weighted by molar-refractivity contribution is -0.00108. The monoisotopic (exact) mass is 298 g/mol. The Hall–Kier alpha value is -0.860. The van der Waals surface area contributed by atoms with Crippen molar-refractivity contribution in [2.24, 2.45) is 5.92 Å². The Morgan fingerprint density at radius 3 is 2.36 bits per heavy atom. The summed E-state index contributed by atoms with van der Waals surface area (Å²) in [5.74, 6) is 0.935. The molecule has 1 aliphatic carbocycles. The molecule has 0 amide bonds. The van der Waals surface area contributed by atoms with Crippen molar-refractivity contribution < 1.29 is 0 Å². The number of hydrogen-bond acceptors (Lipinski definition) is 2. The summed E-state index contributed by atoms with van der Waals surface area (Å²) in [6, 6.07) is 12.8. The summed E-state index contributed by atoms with van der Waals surface area (Å²) in [7, 11) is 0. The van der Waals surface area contributed by atoms with Crippen LogP contribution in [0.2, 0.25) is 0 Å². The van der Waals surface area contributed by atoms with E-state index in [1.807, 2.05) is 0 Å². The minimum atomic E-state index is 0.841. The predicted molar refractivity (Wildman–Crippen MR) is 91.8 cm³/mol. The lowest BCUT2D eigenvalue weighted by Gasteiger charge is -2.50. The maximum Gasteiger partial charge on any atom is 0.0236 e. The summed E-state index contributed by atoms with van der Waals surface area (Å²) in [5.41, 5.74) is 1.49. The fraction of sp³-hybridized carbons (Fsp3) is 0.700. The zero-order valence-corrected chi connectivity index (χ0v) is 13.8. The van der Waals surface area contributed by atoms with Crippen molar-refractivity contribution in [2.45, 2.75) is 63.6 Å². The first-order chi connectivity index (χ1) is 10.9. The Labute approximate surface area is 135 Å². The Morgan fingerprint density at radius 1 is 0.773 bits per heavy atom. The van der Waals surface area contributed by atoms with Crippen molar-refractivity contribution in [2.75, 3.05) is 19.6 Å². The highest BCUT2D eigenvalue weighted by Gasteiger charge is 2.41. The van der Waals surface area contributed by atoms with Gasteiger partial charge in [0.25, 0.3) is 0 Å². The van der Waals surface area contributed by atoms with Crippen LogP contribution in [-0.2, 0) is 6.54 Å². The zero-order valence-electron chi connectivity index (χ0n) is 13.8. The van der Waals surface area contributed by atoms with Crippen LogP contribution in [0.1, 0.15) is 50.5 Å². The SMILES string of the molecule is c1ccc(CN2CCC[C@H]3[C@H](N4CCCC4)CCC[C@@H]32)cc1. The summed E-state index contributed by atoms with van der Waals surface area (Å²) in [6.07, 6.45) is 10.1. The largest absolute Gasteiger partial charge is 0.300 e. The van der Waals surface area contributed by atoms with E-state index in [2.05, 4.69) is 40.1 Å². The van der Waals surface area contributed by atoms with Crippen LogP contribution in [0.3, 0.4) is 0 Å². The highest BCUT2D eigenvalue weighted by molar-refractivity contribution is 5.15. The quantitative estimate of drug-likeness (QED) is 0.834. The van der Waals surface area contributed by atoms with Gasteiger partial charge in [0.15, 0.2) is 0 Å². The van der Waals surface area contributed by atoms with Gasteiger partial charge in [-0.3, -0.25) is 4.90 Å². The molecule has 2 heteroatoms. The molecule has 22 heavy (non-hydrogen) atoms. The van der Waals surface area contributed by atoms with E-state index in [0.29, 0.717) is 0 Å². The van der Waals surface area contributed by atoms with Gasteiger partial charge in [-0.05, 0) is 69.6 Å². The third-order valence-corrected chi connectivity index (χ3v) is 6.28. The van der Waals surface area contributed by atoms with E-state index in [0.717, 1.165) is 24.5 Å². The van der Waals surface area contributed by atoms with Crippen LogP contribution in [0, 0.1) is 5.92 Å². The van der Waals surface area contributed by atoms with Gasteiger partial charge >= 0.3 is 0 Å². The molecule has 0 N–H and O–H groups in total. The molecular weight excluding hydrogens is 268 g/mol. The highest BCUT2D eigenvalue weighted by Crippen LogP contribution is 2.39. The van der Waals surface area contributed by atoms with E-state index < -0.39 is 0 Å². The number of nitrogens with zero attached hydrogens (tertiary/aromatic N) is 2. The molecule has 3 fully saturated rings. The van der Waals surface area contributed by atoms with Gasteiger partial charge in [-0.2, -0.15) is 0 Å². The van der Waals surface area contributed by atoms with Gasteiger partial charge in [-0.25, -0.2) is 0 Å². The van der Waals surface area contributed by atoms with Gasteiger partial charge in [-0.1, -0.05) is 36.8 Å². The van der Waals surface area contributed by atoms with E-state index in [4.69, 9.17) is 0 Å². The van der Waals surface area contributed by atoms with Crippen molar-refractivity contribution in [1.82, 2.24) is 9.80 Å². The molecule has 2 heterocycles. The van der Waals surface area contributed by atoms with E-state index in [9.17, 15) is 0 Å². The molecule has 0 unspecified atom stereocenters. The number of hydrogen-bond donors (Lipinski definition) is 0. The van der Waals surface area contributed by atoms with E-state index in [1.54, 1.807) is 0 Å². The third-order valence-electron chi connectivity index (χ3n) is 6.28. The molecule has 3 aliphatic rings. The zero-order chi connectivity index (χ0) is 14.8. The summed E-state index contributed by atoms with van der Waals surface area (Å²) in [4.78, 5) is 5.65. The van der Waals surface area contributed by atoms with Crippen LogP contribution >= 0.6 is 0 Å². The lowest BCUT2D eigenvalue weighted by atomic mass is 9.74. The van der Waals surface area contributed by atoms with Crippen molar-refractivity contribution in [1.29, 1.82) is 0 Å². The summed E-state index contributed by atoms with van der Waals surface area (Å²) in [5, 5.41) is 0. The van der Waals surface area contributed by atoms with Crippen LogP contribution in [-0.4, -0.2) is 41.5 Å². The molecule has 2 saturated heterocycles. The van der Waals surface area contributed by atoms with Gasteiger partial charge in [0.1, 0.15) is 0 Å². The Balaban J connectivity index is 1.48. The molecule has 3 atom stereocenters. The molecule has 2 nitrogen and oxygen atoms in total. The normalized spacial score (nSPS) is 33.7. The molecule has 0 radical (unpaired) electrons. The van der Waals surface area contributed by atoms with Gasteiger partial charge in [0.05, 0.1) is 0 Å². The maximum atomic E-state index is 2.84.